The largest absolute Gasteiger partial charge is 0.328 e. The summed E-state index contributed by atoms with van der Waals surface area (Å²) in [7, 11) is 4.21. The van der Waals surface area contributed by atoms with E-state index in [1.807, 2.05) is 0 Å². The van der Waals surface area contributed by atoms with Crippen LogP contribution in [0.25, 0.3) is 0 Å². The second-order valence-electron chi connectivity index (χ2n) is 2.06. The Hall–Kier alpha value is 0.170. The standard InChI is InChI=1S/C6H8ClO3PS/c7-12(11(8,9)10)6-4-2-1-3-5-6/h1-5,8-10H. The fourth-order valence-corrected chi connectivity index (χ4v) is 2.86. The first-order valence-electron chi connectivity index (χ1n) is 3.05. The van der Waals surface area contributed by atoms with Gasteiger partial charge in [0.25, 0.3) is 6.72 Å². The van der Waals surface area contributed by atoms with E-state index >= 15 is 0 Å². The molecule has 0 bridgehead atoms. The first-order chi connectivity index (χ1) is 5.52. The molecule has 6 heteroatoms. The predicted molar refractivity (Wildman–Crippen MR) is 51.5 cm³/mol. The smallest absolute Gasteiger partial charge is 0.296 e. The first kappa shape index (κ1) is 10.3. The van der Waals surface area contributed by atoms with E-state index < -0.39 is 16.0 Å². The number of benzene rings is 1. The highest BCUT2D eigenvalue weighted by molar-refractivity contribution is 8.40. The average molecular weight is 227 g/mol. The SMILES string of the molecule is OP(O)(O)=S(Cl)c1ccccc1. The molecule has 0 aliphatic rings. The molecule has 0 heterocycles. The zero-order chi connectivity index (χ0) is 9.19. The third-order valence-corrected chi connectivity index (χ3v) is 6.37. The van der Waals surface area contributed by atoms with E-state index in [-0.39, 0.29) is 0 Å². The molecule has 0 spiro atoms. The second-order valence-corrected chi connectivity index (χ2v) is 8.17. The fourth-order valence-electron chi connectivity index (χ4n) is 0.674. The van der Waals surface area contributed by atoms with Crippen LogP contribution in [0, 0.1) is 0 Å². The molecule has 0 aliphatic carbocycles. The summed E-state index contributed by atoms with van der Waals surface area (Å²) in [6, 6.07) is 8.48. The Bertz CT molecular complexity index is 313. The topological polar surface area (TPSA) is 60.7 Å². The Balaban J connectivity index is 3.19. The lowest BCUT2D eigenvalue weighted by Crippen LogP contribution is -1.86. The van der Waals surface area contributed by atoms with E-state index in [2.05, 4.69) is 0 Å². The minimum Gasteiger partial charge on any atom is -0.328 e. The summed E-state index contributed by atoms with van der Waals surface area (Å²) < 4.78 is 0. The summed E-state index contributed by atoms with van der Waals surface area (Å²) in [6.45, 7) is -3.94. The third kappa shape index (κ3) is 2.59. The maximum Gasteiger partial charge on any atom is 0.296 e. The van der Waals surface area contributed by atoms with E-state index in [1.54, 1.807) is 30.3 Å². The van der Waals surface area contributed by atoms with Gasteiger partial charge in [-0.05, 0) is 22.8 Å². The van der Waals surface area contributed by atoms with Crippen LogP contribution >= 0.6 is 17.4 Å². The highest BCUT2D eigenvalue weighted by atomic mass is 35.7. The zero-order valence-corrected chi connectivity index (χ0v) is 8.43. The van der Waals surface area contributed by atoms with Crippen molar-refractivity contribution in [2.24, 2.45) is 0 Å². The maximum absolute atomic E-state index is 8.84. The Morgan fingerprint density at radius 1 is 1.08 bits per heavy atom. The summed E-state index contributed by atoms with van der Waals surface area (Å²) >= 11 is 0. The molecule has 1 rings (SSSR count). The molecule has 3 nitrogen and oxygen atoms in total. The van der Waals surface area contributed by atoms with Gasteiger partial charge in [-0.1, -0.05) is 18.2 Å². The Kier molecular flexibility index (Phi) is 3.35. The van der Waals surface area contributed by atoms with Crippen LogP contribution in [0.2, 0.25) is 0 Å². The van der Waals surface area contributed by atoms with Gasteiger partial charge in [0.1, 0.15) is 0 Å². The van der Waals surface area contributed by atoms with Crippen LogP contribution in [0.4, 0.5) is 0 Å². The molecule has 0 saturated heterocycles. The summed E-state index contributed by atoms with van der Waals surface area (Å²) in [5.74, 6) is 0. The van der Waals surface area contributed by atoms with Crippen molar-refractivity contribution in [1.29, 1.82) is 0 Å². The molecule has 12 heavy (non-hydrogen) atoms. The quantitative estimate of drug-likeness (QED) is 0.636. The number of rotatable bonds is 1. The van der Waals surface area contributed by atoms with Crippen LogP contribution in [0.3, 0.4) is 0 Å². The summed E-state index contributed by atoms with van der Waals surface area (Å²) in [4.78, 5) is 27.1. The minimum absolute atomic E-state index is 0.528. The van der Waals surface area contributed by atoms with E-state index in [9.17, 15) is 0 Å². The Labute approximate surface area is 76.9 Å². The van der Waals surface area contributed by atoms with Crippen molar-refractivity contribution in [3.63, 3.8) is 0 Å². The highest BCUT2D eigenvalue weighted by Crippen LogP contribution is 2.41. The van der Waals surface area contributed by atoms with Crippen molar-refractivity contribution in [3.8, 4) is 0 Å². The first-order valence-corrected chi connectivity index (χ1v) is 7.35. The van der Waals surface area contributed by atoms with E-state index in [4.69, 9.17) is 25.4 Å². The molecule has 1 aromatic carbocycles. The van der Waals surface area contributed by atoms with Crippen LogP contribution in [0.15, 0.2) is 35.2 Å². The van der Waals surface area contributed by atoms with Crippen molar-refractivity contribution in [3.05, 3.63) is 30.3 Å². The van der Waals surface area contributed by atoms with E-state index in [0.29, 0.717) is 4.90 Å². The van der Waals surface area contributed by atoms with Crippen molar-refractivity contribution < 1.29 is 14.7 Å². The molecule has 0 radical (unpaired) electrons. The maximum atomic E-state index is 8.84. The number of hydrogen-bond acceptors (Lipinski definition) is 0. The van der Waals surface area contributed by atoms with Gasteiger partial charge in [0.15, 0.2) is 0 Å². The highest BCUT2D eigenvalue weighted by Gasteiger charge is 2.11. The molecular formula is C6H8ClO3PS. The molecule has 68 valence electrons. The molecule has 1 unspecified atom stereocenters. The minimum atomic E-state index is -3.94. The molecule has 1 atom stereocenters. The number of hydrogen-bond donors (Lipinski definition) is 3. The zero-order valence-electron chi connectivity index (χ0n) is 5.96. The van der Waals surface area contributed by atoms with Gasteiger partial charge in [-0.3, -0.25) is 0 Å². The monoisotopic (exact) mass is 226 g/mol. The van der Waals surface area contributed by atoms with Gasteiger partial charge in [0.05, 0.1) is 0 Å². The van der Waals surface area contributed by atoms with Gasteiger partial charge < -0.3 is 14.7 Å². The third-order valence-electron chi connectivity index (χ3n) is 1.15. The Morgan fingerprint density at radius 2 is 1.58 bits per heavy atom. The second kappa shape index (κ2) is 3.92. The molecule has 0 amide bonds. The number of halogens is 1. The van der Waals surface area contributed by atoms with Gasteiger partial charge in [-0.2, -0.15) is 0 Å². The van der Waals surface area contributed by atoms with Crippen LogP contribution in [-0.2, 0) is 9.29 Å². The van der Waals surface area contributed by atoms with E-state index in [1.165, 1.54) is 0 Å². The van der Waals surface area contributed by atoms with Gasteiger partial charge >= 0.3 is 0 Å². The summed E-state index contributed by atoms with van der Waals surface area (Å²) in [5, 5.41) is 0. The van der Waals surface area contributed by atoms with Gasteiger partial charge in [0, 0.05) is 14.2 Å². The van der Waals surface area contributed by atoms with Gasteiger partial charge in [-0.25, -0.2) is 0 Å². The van der Waals surface area contributed by atoms with Crippen molar-refractivity contribution >= 4 is 26.7 Å². The molecule has 0 aromatic heterocycles. The normalized spacial score (nSPS) is 14.3. The predicted octanol–water partition coefficient (Wildman–Crippen LogP) is 1.47. The van der Waals surface area contributed by atoms with Crippen LogP contribution in [0.5, 0.6) is 0 Å². The molecule has 3 N–H and O–H groups in total. The Morgan fingerprint density at radius 3 is 2.00 bits per heavy atom. The molecule has 0 aliphatic heterocycles. The lowest BCUT2D eigenvalue weighted by atomic mass is 10.4. The van der Waals surface area contributed by atoms with Crippen LogP contribution in [-0.4, -0.2) is 14.7 Å². The van der Waals surface area contributed by atoms with Gasteiger partial charge in [-0.15, -0.1) is 0 Å². The molecular weight excluding hydrogens is 219 g/mol. The van der Waals surface area contributed by atoms with Crippen LogP contribution in [0.1, 0.15) is 0 Å². The van der Waals surface area contributed by atoms with Crippen LogP contribution < -0.4 is 0 Å². The summed E-state index contributed by atoms with van der Waals surface area (Å²) in [6.07, 6.45) is 0. The van der Waals surface area contributed by atoms with Crippen molar-refractivity contribution in [1.82, 2.24) is 0 Å². The van der Waals surface area contributed by atoms with Crippen molar-refractivity contribution in [2.75, 3.05) is 0 Å². The lowest BCUT2D eigenvalue weighted by molar-refractivity contribution is 0.363. The van der Waals surface area contributed by atoms with Gasteiger partial charge in [0.2, 0.25) is 0 Å². The fraction of sp³-hybridized carbons (Fsp3) is 0. The van der Waals surface area contributed by atoms with E-state index in [0.717, 1.165) is 0 Å². The molecule has 0 saturated carbocycles. The summed E-state index contributed by atoms with van der Waals surface area (Å²) in [5.41, 5.74) is 0. The average Bonchev–Trinajstić information content (AvgIpc) is 2.03. The molecule has 1 aromatic rings. The van der Waals surface area contributed by atoms with Crippen molar-refractivity contribution in [2.45, 2.75) is 4.90 Å². The lowest BCUT2D eigenvalue weighted by Gasteiger charge is -2.07. The molecule has 0 fully saturated rings.